The van der Waals surface area contributed by atoms with Gasteiger partial charge in [-0.2, -0.15) is 0 Å². The SMILES string of the molecule is CN(C(=O)[C@@H](N)Cc1c[nH]c2ccccc12)C1Cc2ccccc2C1.Cl. The maximum absolute atomic E-state index is 12.8. The van der Waals surface area contributed by atoms with Crippen molar-refractivity contribution in [3.05, 3.63) is 71.4 Å². The highest BCUT2D eigenvalue weighted by atomic mass is 35.5. The fourth-order valence-electron chi connectivity index (χ4n) is 3.88. The molecule has 4 rings (SSSR count). The average Bonchev–Trinajstić information content (AvgIpc) is 3.25. The Hall–Kier alpha value is -2.30. The number of fused-ring (bicyclic) bond motifs is 2. The van der Waals surface area contributed by atoms with Crippen LogP contribution in [-0.4, -0.2) is 34.9 Å². The number of benzene rings is 2. The van der Waals surface area contributed by atoms with Crippen molar-refractivity contribution in [1.29, 1.82) is 0 Å². The molecule has 1 heterocycles. The Labute approximate surface area is 159 Å². The first kappa shape index (κ1) is 18.5. The van der Waals surface area contributed by atoms with Crippen LogP contribution >= 0.6 is 12.4 Å². The van der Waals surface area contributed by atoms with Crippen LogP contribution in [0, 0.1) is 0 Å². The van der Waals surface area contributed by atoms with E-state index in [-0.39, 0.29) is 24.4 Å². The number of nitrogens with one attached hydrogen (secondary N) is 1. The Balaban J connectivity index is 0.00000196. The number of halogens is 1. The van der Waals surface area contributed by atoms with Crippen molar-refractivity contribution < 1.29 is 4.79 Å². The van der Waals surface area contributed by atoms with E-state index in [0.29, 0.717) is 6.42 Å². The summed E-state index contributed by atoms with van der Waals surface area (Å²) >= 11 is 0. The van der Waals surface area contributed by atoms with E-state index in [0.717, 1.165) is 29.3 Å². The number of aromatic amines is 1. The van der Waals surface area contributed by atoms with E-state index in [9.17, 15) is 4.79 Å². The van der Waals surface area contributed by atoms with Gasteiger partial charge < -0.3 is 15.6 Å². The Morgan fingerprint density at radius 2 is 1.77 bits per heavy atom. The van der Waals surface area contributed by atoms with Crippen LogP contribution in [-0.2, 0) is 24.1 Å². The largest absolute Gasteiger partial charge is 0.361 e. The van der Waals surface area contributed by atoms with Crippen molar-refractivity contribution in [2.24, 2.45) is 5.73 Å². The lowest BCUT2D eigenvalue weighted by molar-refractivity contribution is -0.133. The second-order valence-corrected chi connectivity index (χ2v) is 6.95. The predicted octanol–water partition coefficient (Wildman–Crippen LogP) is 3.09. The van der Waals surface area contributed by atoms with Gasteiger partial charge in [0.2, 0.25) is 5.91 Å². The van der Waals surface area contributed by atoms with Crippen molar-refractivity contribution in [3.63, 3.8) is 0 Å². The highest BCUT2D eigenvalue weighted by Gasteiger charge is 2.29. The topological polar surface area (TPSA) is 62.1 Å². The van der Waals surface area contributed by atoms with Crippen LogP contribution in [0.25, 0.3) is 10.9 Å². The molecule has 0 fully saturated rings. The number of H-pyrrole nitrogens is 1. The van der Waals surface area contributed by atoms with Gasteiger partial charge in [0, 0.05) is 30.2 Å². The Morgan fingerprint density at radius 3 is 2.46 bits per heavy atom. The number of carbonyl (C=O) groups excluding carboxylic acids is 1. The molecule has 0 saturated heterocycles. The molecule has 5 heteroatoms. The summed E-state index contributed by atoms with van der Waals surface area (Å²) in [7, 11) is 1.88. The quantitative estimate of drug-likeness (QED) is 0.742. The summed E-state index contributed by atoms with van der Waals surface area (Å²) < 4.78 is 0. The van der Waals surface area contributed by atoms with Gasteiger partial charge in [-0.25, -0.2) is 0 Å². The fraction of sp³-hybridized carbons (Fsp3) is 0.286. The molecule has 1 atom stereocenters. The molecule has 26 heavy (non-hydrogen) atoms. The number of nitrogens with two attached hydrogens (primary N) is 1. The molecule has 3 N–H and O–H groups in total. The summed E-state index contributed by atoms with van der Waals surface area (Å²) in [5.74, 6) is 0.0167. The zero-order valence-corrected chi connectivity index (χ0v) is 15.6. The van der Waals surface area contributed by atoms with Gasteiger partial charge in [-0.1, -0.05) is 42.5 Å². The first-order valence-corrected chi connectivity index (χ1v) is 8.77. The number of hydrogen-bond donors (Lipinski definition) is 2. The lowest BCUT2D eigenvalue weighted by atomic mass is 10.0. The van der Waals surface area contributed by atoms with Crippen LogP contribution in [0.3, 0.4) is 0 Å². The summed E-state index contributed by atoms with van der Waals surface area (Å²) in [5.41, 5.74) is 11.1. The summed E-state index contributed by atoms with van der Waals surface area (Å²) in [6, 6.07) is 16.2. The second-order valence-electron chi connectivity index (χ2n) is 6.95. The molecule has 0 bridgehead atoms. The van der Waals surface area contributed by atoms with Gasteiger partial charge in [-0.15, -0.1) is 12.4 Å². The van der Waals surface area contributed by atoms with Crippen LogP contribution in [0.15, 0.2) is 54.7 Å². The lowest BCUT2D eigenvalue weighted by Gasteiger charge is -2.27. The minimum Gasteiger partial charge on any atom is -0.361 e. The lowest BCUT2D eigenvalue weighted by Crippen LogP contribution is -2.47. The molecule has 4 nitrogen and oxygen atoms in total. The molecular weight excluding hydrogens is 346 g/mol. The van der Waals surface area contributed by atoms with Gasteiger partial charge in [0.1, 0.15) is 0 Å². The van der Waals surface area contributed by atoms with E-state index in [1.807, 2.05) is 36.3 Å². The predicted molar refractivity (Wildman–Crippen MR) is 108 cm³/mol. The molecule has 0 saturated carbocycles. The van der Waals surface area contributed by atoms with Crippen LogP contribution < -0.4 is 5.73 Å². The van der Waals surface area contributed by atoms with Gasteiger partial charge in [0.15, 0.2) is 0 Å². The molecule has 0 radical (unpaired) electrons. The highest BCUT2D eigenvalue weighted by molar-refractivity contribution is 5.86. The number of carbonyl (C=O) groups is 1. The van der Waals surface area contributed by atoms with Crippen molar-refractivity contribution in [3.8, 4) is 0 Å². The monoisotopic (exact) mass is 369 g/mol. The second kappa shape index (κ2) is 7.52. The standard InChI is InChI=1S/C21H23N3O.ClH/c1-24(17-10-14-6-2-3-7-15(14)11-17)21(25)19(22)12-16-13-23-20-9-5-4-8-18(16)20;/h2-9,13,17,19,23H,10-12,22H2,1H3;1H/t19-;/m0./s1. The Morgan fingerprint density at radius 1 is 1.15 bits per heavy atom. The van der Waals surface area contributed by atoms with Crippen molar-refractivity contribution in [2.45, 2.75) is 31.3 Å². The Bertz CT molecular complexity index is 895. The fourth-order valence-corrected chi connectivity index (χ4v) is 3.88. The van der Waals surface area contributed by atoms with Gasteiger partial charge in [0.25, 0.3) is 0 Å². The van der Waals surface area contributed by atoms with Crippen LogP contribution in [0.1, 0.15) is 16.7 Å². The Kier molecular flexibility index (Phi) is 5.35. The molecule has 1 aliphatic carbocycles. The van der Waals surface area contributed by atoms with Crippen molar-refractivity contribution >= 4 is 29.2 Å². The number of aromatic nitrogens is 1. The molecule has 0 spiro atoms. The molecule has 1 aliphatic rings. The van der Waals surface area contributed by atoms with Gasteiger partial charge in [0.05, 0.1) is 6.04 Å². The van der Waals surface area contributed by atoms with Crippen LogP contribution in [0.4, 0.5) is 0 Å². The van der Waals surface area contributed by atoms with Gasteiger partial charge >= 0.3 is 0 Å². The average molecular weight is 370 g/mol. The number of para-hydroxylation sites is 1. The normalized spacial score (nSPS) is 14.7. The first-order chi connectivity index (χ1) is 12.1. The minimum absolute atomic E-state index is 0. The molecule has 136 valence electrons. The number of hydrogen-bond acceptors (Lipinski definition) is 2. The number of amides is 1. The molecular formula is C21H24ClN3O. The van der Waals surface area contributed by atoms with Crippen LogP contribution in [0.2, 0.25) is 0 Å². The zero-order valence-electron chi connectivity index (χ0n) is 14.8. The minimum atomic E-state index is -0.520. The van der Waals surface area contributed by atoms with E-state index in [4.69, 9.17) is 5.73 Å². The number of nitrogens with zero attached hydrogens (tertiary/aromatic N) is 1. The maximum atomic E-state index is 12.8. The third-order valence-corrected chi connectivity index (χ3v) is 5.36. The molecule has 0 unspecified atom stereocenters. The van der Waals surface area contributed by atoms with E-state index in [2.05, 4.69) is 35.3 Å². The van der Waals surface area contributed by atoms with Gasteiger partial charge in [-0.05, 0) is 42.0 Å². The summed E-state index contributed by atoms with van der Waals surface area (Å²) in [6.07, 6.45) is 4.34. The third kappa shape index (κ3) is 3.35. The summed E-state index contributed by atoms with van der Waals surface area (Å²) in [5, 5.41) is 1.14. The van der Waals surface area contributed by atoms with Crippen molar-refractivity contribution in [1.82, 2.24) is 9.88 Å². The number of likely N-dealkylation sites (N-methyl/N-ethyl adjacent to an activating group) is 1. The number of rotatable bonds is 4. The molecule has 2 aromatic carbocycles. The molecule has 1 amide bonds. The van der Waals surface area contributed by atoms with Gasteiger partial charge in [-0.3, -0.25) is 4.79 Å². The molecule has 1 aromatic heterocycles. The third-order valence-electron chi connectivity index (χ3n) is 5.36. The maximum Gasteiger partial charge on any atom is 0.239 e. The van der Waals surface area contributed by atoms with Crippen LogP contribution in [0.5, 0.6) is 0 Å². The smallest absolute Gasteiger partial charge is 0.239 e. The van der Waals surface area contributed by atoms with E-state index < -0.39 is 6.04 Å². The summed E-state index contributed by atoms with van der Waals surface area (Å²) in [4.78, 5) is 17.9. The summed E-state index contributed by atoms with van der Waals surface area (Å²) in [6.45, 7) is 0. The van der Waals surface area contributed by atoms with E-state index in [1.54, 1.807) is 0 Å². The van der Waals surface area contributed by atoms with E-state index in [1.165, 1.54) is 11.1 Å². The van der Waals surface area contributed by atoms with E-state index >= 15 is 0 Å². The highest BCUT2D eigenvalue weighted by Crippen LogP contribution is 2.25. The zero-order chi connectivity index (χ0) is 17.4. The first-order valence-electron chi connectivity index (χ1n) is 8.77. The molecule has 3 aromatic rings. The molecule has 0 aliphatic heterocycles. The van der Waals surface area contributed by atoms with Crippen molar-refractivity contribution in [2.75, 3.05) is 7.05 Å².